The zero-order chi connectivity index (χ0) is 18.8. The van der Waals surface area contributed by atoms with Crippen molar-refractivity contribution in [1.82, 2.24) is 0 Å². The number of aliphatic hydroxyl groups is 1. The Balaban J connectivity index is 0. The number of aliphatic hydroxyl groups excluding tert-OH is 1. The first-order valence-corrected chi connectivity index (χ1v) is 9.92. The molecule has 0 spiro atoms. The first-order chi connectivity index (χ1) is 11.2. The minimum absolute atomic E-state index is 1.12. The molecule has 0 heterocycles. The van der Waals surface area contributed by atoms with Gasteiger partial charge in [-0.3, -0.25) is 0 Å². The normalized spacial score (nSPS) is 12.4. The summed E-state index contributed by atoms with van der Waals surface area (Å²) in [5, 5.41) is 15.8. The lowest BCUT2D eigenvalue weighted by atomic mass is 10.1. The van der Waals surface area contributed by atoms with Gasteiger partial charge in [-0.2, -0.15) is 0 Å². The highest BCUT2D eigenvalue weighted by molar-refractivity contribution is 5.71. The van der Waals surface area contributed by atoms with E-state index in [1.54, 1.807) is 0 Å². The lowest BCUT2D eigenvalue weighted by Crippen LogP contribution is -2.35. The summed E-state index contributed by atoms with van der Waals surface area (Å²) in [7, 11) is 6.87. The highest BCUT2D eigenvalue weighted by atomic mass is 16.4. The summed E-state index contributed by atoms with van der Waals surface area (Å²) < 4.78 is 1.12. The average Bonchev–Trinajstić information content (AvgIpc) is 2.48. The van der Waals surface area contributed by atoms with E-state index < -0.39 is 12.1 Å². The van der Waals surface area contributed by atoms with E-state index in [4.69, 9.17) is 10.2 Å². The highest BCUT2D eigenvalue weighted by Gasteiger charge is 2.04. The Bertz CT molecular complexity index is 273. The zero-order valence-corrected chi connectivity index (χ0v) is 17.0. The van der Waals surface area contributed by atoms with E-state index in [1.165, 1.54) is 90.5 Å². The molecule has 0 aromatic rings. The van der Waals surface area contributed by atoms with Crippen LogP contribution in [0.2, 0.25) is 0 Å². The van der Waals surface area contributed by atoms with Gasteiger partial charge >= 0.3 is 5.97 Å². The van der Waals surface area contributed by atoms with Crippen molar-refractivity contribution < 1.29 is 19.5 Å². The van der Waals surface area contributed by atoms with Crippen LogP contribution in [0, 0.1) is 0 Å². The fraction of sp³-hybridized carbons (Fsp3) is 0.950. The molecule has 2 N–H and O–H groups in total. The van der Waals surface area contributed by atoms with Gasteiger partial charge in [0.1, 0.15) is 6.10 Å². The van der Waals surface area contributed by atoms with E-state index in [2.05, 4.69) is 28.1 Å². The van der Waals surface area contributed by atoms with Crippen LogP contribution in [0.1, 0.15) is 90.9 Å². The van der Waals surface area contributed by atoms with E-state index in [1.807, 2.05) is 0 Å². The molecule has 146 valence electrons. The Hall–Kier alpha value is -0.610. The van der Waals surface area contributed by atoms with Crippen molar-refractivity contribution in [2.45, 2.75) is 97.0 Å². The maximum Gasteiger partial charge on any atom is 0.332 e. The Morgan fingerprint density at radius 3 is 1.33 bits per heavy atom. The number of hydrogen-bond acceptors (Lipinski definition) is 2. The highest BCUT2D eigenvalue weighted by Crippen LogP contribution is 2.12. The van der Waals surface area contributed by atoms with Crippen LogP contribution in [0.15, 0.2) is 0 Å². The second-order valence-corrected chi connectivity index (χ2v) is 7.92. The minimum Gasteiger partial charge on any atom is -0.479 e. The smallest absolute Gasteiger partial charge is 0.332 e. The third-order valence-corrected chi connectivity index (χ3v) is 4.04. The number of quaternary nitrogens is 1. The van der Waals surface area contributed by atoms with Crippen molar-refractivity contribution in [1.29, 1.82) is 0 Å². The van der Waals surface area contributed by atoms with Crippen LogP contribution in [0.4, 0.5) is 0 Å². The molecule has 4 heteroatoms. The largest absolute Gasteiger partial charge is 0.479 e. The van der Waals surface area contributed by atoms with Crippen molar-refractivity contribution in [2.75, 3.05) is 27.7 Å². The van der Waals surface area contributed by atoms with Crippen molar-refractivity contribution in [3.05, 3.63) is 0 Å². The summed E-state index contributed by atoms with van der Waals surface area (Å²) in [4.78, 5) is 9.45. The number of carbonyl (C=O) groups is 1. The third kappa shape index (κ3) is 26.3. The van der Waals surface area contributed by atoms with Crippen molar-refractivity contribution in [3.63, 3.8) is 0 Å². The van der Waals surface area contributed by atoms with Crippen molar-refractivity contribution >= 4 is 5.97 Å². The molecular formula is C20H44NO3+. The maximum atomic E-state index is 9.45. The zero-order valence-electron chi connectivity index (χ0n) is 17.0. The van der Waals surface area contributed by atoms with Crippen LogP contribution in [-0.2, 0) is 4.79 Å². The molecule has 24 heavy (non-hydrogen) atoms. The fourth-order valence-corrected chi connectivity index (χ4v) is 2.43. The predicted molar refractivity (Wildman–Crippen MR) is 103 cm³/mol. The molecule has 0 bridgehead atoms. The number of unbranched alkanes of at least 4 members (excludes halogenated alkanes) is 11. The Kier molecular flexibility index (Phi) is 18.4. The van der Waals surface area contributed by atoms with Crippen LogP contribution in [0.25, 0.3) is 0 Å². The molecule has 0 amide bonds. The topological polar surface area (TPSA) is 57.5 Å². The minimum atomic E-state index is -1.23. The molecule has 0 aromatic heterocycles. The number of aliphatic carboxylic acids is 1. The predicted octanol–water partition coefficient (Wildman–Crippen LogP) is 4.85. The lowest BCUT2D eigenvalue weighted by Gasteiger charge is -2.23. The number of carboxylic acid groups (broad SMARTS) is 1. The molecule has 0 fully saturated rings. The van der Waals surface area contributed by atoms with Crippen LogP contribution >= 0.6 is 0 Å². The summed E-state index contributed by atoms with van der Waals surface area (Å²) in [6, 6.07) is 0. The van der Waals surface area contributed by atoms with Crippen LogP contribution in [0.5, 0.6) is 0 Å². The van der Waals surface area contributed by atoms with E-state index in [-0.39, 0.29) is 0 Å². The average molecular weight is 347 g/mol. The van der Waals surface area contributed by atoms with Gasteiger partial charge in [0.15, 0.2) is 0 Å². The van der Waals surface area contributed by atoms with E-state index in [0.717, 1.165) is 4.48 Å². The summed E-state index contributed by atoms with van der Waals surface area (Å²) in [5.41, 5.74) is 0. The molecule has 0 aliphatic rings. The quantitative estimate of drug-likeness (QED) is 0.349. The third-order valence-electron chi connectivity index (χ3n) is 4.04. The van der Waals surface area contributed by atoms with Gasteiger partial charge in [0.2, 0.25) is 0 Å². The van der Waals surface area contributed by atoms with Gasteiger partial charge in [0, 0.05) is 0 Å². The van der Waals surface area contributed by atoms with Crippen LogP contribution < -0.4 is 0 Å². The number of carboxylic acids is 1. The SMILES string of the molecule is CC(O)C(=O)O.CCCCCCCCCCCCCC[N+](C)(C)C. The van der Waals surface area contributed by atoms with Crippen molar-refractivity contribution in [2.24, 2.45) is 0 Å². The maximum absolute atomic E-state index is 9.45. The number of hydrogen-bond donors (Lipinski definition) is 2. The molecule has 0 saturated carbocycles. The van der Waals surface area contributed by atoms with Gasteiger partial charge in [-0.25, -0.2) is 4.79 Å². The Morgan fingerprint density at radius 2 is 1.08 bits per heavy atom. The van der Waals surface area contributed by atoms with Gasteiger partial charge in [0.25, 0.3) is 0 Å². The molecule has 0 aliphatic heterocycles. The Labute approximate surface area is 150 Å². The summed E-state index contributed by atoms with van der Waals surface area (Å²) in [5.74, 6) is -1.19. The van der Waals surface area contributed by atoms with Gasteiger partial charge in [-0.05, 0) is 19.8 Å². The summed E-state index contributed by atoms with van der Waals surface area (Å²) in [6.07, 6.45) is 16.2. The van der Waals surface area contributed by atoms with Gasteiger partial charge in [-0.15, -0.1) is 0 Å². The monoisotopic (exact) mass is 346 g/mol. The molecule has 1 atom stereocenters. The fourth-order valence-electron chi connectivity index (χ4n) is 2.43. The summed E-state index contributed by atoms with van der Waals surface area (Å²) >= 11 is 0. The first kappa shape index (κ1) is 25.6. The van der Waals surface area contributed by atoms with Crippen LogP contribution in [-0.4, -0.2) is 54.5 Å². The van der Waals surface area contributed by atoms with E-state index >= 15 is 0 Å². The second kappa shape index (κ2) is 17.2. The van der Waals surface area contributed by atoms with E-state index in [0.29, 0.717) is 0 Å². The van der Waals surface area contributed by atoms with E-state index in [9.17, 15) is 4.79 Å². The molecule has 0 saturated heterocycles. The van der Waals surface area contributed by atoms with Gasteiger partial charge in [-0.1, -0.05) is 71.1 Å². The summed E-state index contributed by atoms with van der Waals surface area (Å²) in [6.45, 7) is 4.82. The van der Waals surface area contributed by atoms with Gasteiger partial charge in [0.05, 0.1) is 27.7 Å². The lowest BCUT2D eigenvalue weighted by molar-refractivity contribution is -0.870. The molecule has 1 unspecified atom stereocenters. The van der Waals surface area contributed by atoms with Crippen LogP contribution in [0.3, 0.4) is 0 Å². The molecule has 0 aromatic carbocycles. The Morgan fingerprint density at radius 1 is 0.792 bits per heavy atom. The first-order valence-electron chi connectivity index (χ1n) is 9.92. The number of nitrogens with zero attached hydrogens (tertiary/aromatic N) is 1. The van der Waals surface area contributed by atoms with Gasteiger partial charge < -0.3 is 14.7 Å². The molecule has 0 rings (SSSR count). The molecular weight excluding hydrogens is 302 g/mol. The number of rotatable bonds is 14. The standard InChI is InChI=1S/C17H38N.C3H6O3/c1-5-6-7-8-9-10-11-12-13-14-15-16-17-18(2,3)4;1-2(4)3(5)6/h5-17H2,1-4H3;2,4H,1H3,(H,5,6)/q+1;. The second-order valence-electron chi connectivity index (χ2n) is 7.92. The van der Waals surface area contributed by atoms with Crippen molar-refractivity contribution in [3.8, 4) is 0 Å². The molecule has 0 radical (unpaired) electrons. The molecule has 4 nitrogen and oxygen atoms in total. The molecule has 0 aliphatic carbocycles.